The molecule has 17 heavy (non-hydrogen) atoms. The zero-order valence-electron chi connectivity index (χ0n) is 9.63. The minimum atomic E-state index is -0.131. The van der Waals surface area contributed by atoms with Gasteiger partial charge in [0.15, 0.2) is 0 Å². The molecule has 0 saturated heterocycles. The molecule has 0 atom stereocenters. The monoisotopic (exact) mass is 296 g/mol. The number of anilines is 1. The molecule has 0 spiro atoms. The van der Waals surface area contributed by atoms with E-state index in [1.807, 2.05) is 13.8 Å². The second-order valence-electron chi connectivity index (χ2n) is 4.34. The van der Waals surface area contributed by atoms with Crippen molar-refractivity contribution in [2.45, 2.75) is 26.3 Å². The average molecular weight is 297 g/mol. The smallest absolute Gasteiger partial charge is 0.252 e. The van der Waals surface area contributed by atoms with Gasteiger partial charge in [-0.3, -0.25) is 9.59 Å². The molecular weight excluding hydrogens is 284 g/mol. The van der Waals surface area contributed by atoms with Gasteiger partial charge in [0.25, 0.3) is 5.91 Å². The SMILES string of the molecule is CC(C)NC(=O)c1cc2c(cc1Br)NC(=O)C2. The summed E-state index contributed by atoms with van der Waals surface area (Å²) in [5.74, 6) is -0.164. The lowest BCUT2D eigenvalue weighted by Gasteiger charge is -2.11. The number of carbonyl (C=O) groups excluding carboxylic acids is 2. The number of hydrogen-bond acceptors (Lipinski definition) is 2. The molecule has 2 rings (SSSR count). The number of carbonyl (C=O) groups is 2. The first-order chi connectivity index (χ1) is 7.97. The second kappa shape index (κ2) is 4.49. The first kappa shape index (κ1) is 12.1. The second-order valence-corrected chi connectivity index (χ2v) is 5.20. The van der Waals surface area contributed by atoms with Crippen LogP contribution in [0.4, 0.5) is 5.69 Å². The maximum atomic E-state index is 11.9. The van der Waals surface area contributed by atoms with E-state index in [2.05, 4.69) is 26.6 Å². The summed E-state index contributed by atoms with van der Waals surface area (Å²) >= 11 is 3.35. The first-order valence-corrected chi connectivity index (χ1v) is 6.20. The molecule has 4 nitrogen and oxygen atoms in total. The van der Waals surface area contributed by atoms with Gasteiger partial charge in [0.2, 0.25) is 5.91 Å². The van der Waals surface area contributed by atoms with E-state index in [4.69, 9.17) is 0 Å². The van der Waals surface area contributed by atoms with Gasteiger partial charge in [-0.2, -0.15) is 0 Å². The summed E-state index contributed by atoms with van der Waals surface area (Å²) in [6.45, 7) is 3.81. The fraction of sp³-hybridized carbons (Fsp3) is 0.333. The molecule has 0 fully saturated rings. The van der Waals surface area contributed by atoms with Crippen LogP contribution in [0.25, 0.3) is 0 Å². The Morgan fingerprint density at radius 2 is 2.18 bits per heavy atom. The maximum absolute atomic E-state index is 11.9. The van der Waals surface area contributed by atoms with Crippen molar-refractivity contribution < 1.29 is 9.59 Å². The van der Waals surface area contributed by atoms with Crippen LogP contribution >= 0.6 is 15.9 Å². The Labute approximate surface area is 108 Å². The highest BCUT2D eigenvalue weighted by Crippen LogP contribution is 2.29. The minimum absolute atomic E-state index is 0.0340. The number of rotatable bonds is 2. The lowest BCUT2D eigenvalue weighted by atomic mass is 10.1. The van der Waals surface area contributed by atoms with E-state index < -0.39 is 0 Å². The van der Waals surface area contributed by atoms with Crippen LogP contribution in [0.15, 0.2) is 16.6 Å². The molecule has 0 radical (unpaired) electrons. The molecule has 2 N–H and O–H groups in total. The summed E-state index contributed by atoms with van der Waals surface area (Å²) in [5, 5.41) is 5.57. The quantitative estimate of drug-likeness (QED) is 0.878. The molecule has 0 aromatic heterocycles. The minimum Gasteiger partial charge on any atom is -0.350 e. The molecule has 0 saturated carbocycles. The van der Waals surface area contributed by atoms with Crippen molar-refractivity contribution in [2.75, 3.05) is 5.32 Å². The van der Waals surface area contributed by atoms with Crippen molar-refractivity contribution in [3.63, 3.8) is 0 Å². The highest BCUT2D eigenvalue weighted by molar-refractivity contribution is 9.10. The van der Waals surface area contributed by atoms with E-state index in [1.54, 1.807) is 12.1 Å². The van der Waals surface area contributed by atoms with Crippen LogP contribution in [0.2, 0.25) is 0 Å². The molecule has 0 aliphatic carbocycles. The molecule has 0 unspecified atom stereocenters. The number of fused-ring (bicyclic) bond motifs is 1. The van der Waals surface area contributed by atoms with E-state index in [-0.39, 0.29) is 17.9 Å². The van der Waals surface area contributed by atoms with Crippen LogP contribution in [0.1, 0.15) is 29.8 Å². The fourth-order valence-electron chi connectivity index (χ4n) is 1.76. The summed E-state index contributed by atoms with van der Waals surface area (Å²) in [6, 6.07) is 3.62. The van der Waals surface area contributed by atoms with Crippen LogP contribution in [0.3, 0.4) is 0 Å². The molecule has 1 aromatic rings. The van der Waals surface area contributed by atoms with Gasteiger partial charge in [-0.15, -0.1) is 0 Å². The predicted molar refractivity (Wildman–Crippen MR) is 69.1 cm³/mol. The number of nitrogens with one attached hydrogen (secondary N) is 2. The van der Waals surface area contributed by atoms with E-state index >= 15 is 0 Å². The summed E-state index contributed by atoms with van der Waals surface area (Å²) < 4.78 is 0.691. The van der Waals surface area contributed by atoms with Crippen molar-refractivity contribution in [3.05, 3.63) is 27.7 Å². The molecule has 1 aliphatic heterocycles. The van der Waals surface area contributed by atoms with Crippen molar-refractivity contribution in [1.29, 1.82) is 0 Å². The van der Waals surface area contributed by atoms with E-state index in [0.29, 0.717) is 16.5 Å². The third kappa shape index (κ3) is 2.49. The van der Waals surface area contributed by atoms with E-state index in [9.17, 15) is 9.59 Å². The fourth-order valence-corrected chi connectivity index (χ4v) is 2.29. The Balaban J connectivity index is 2.34. The van der Waals surface area contributed by atoms with Crippen molar-refractivity contribution in [3.8, 4) is 0 Å². The Kier molecular flexibility index (Phi) is 3.19. The van der Waals surface area contributed by atoms with Gasteiger partial charge in [-0.25, -0.2) is 0 Å². The highest BCUT2D eigenvalue weighted by Gasteiger charge is 2.21. The normalized spacial score (nSPS) is 13.5. The summed E-state index contributed by atoms with van der Waals surface area (Å²) in [4.78, 5) is 23.2. The van der Waals surface area contributed by atoms with Crippen molar-refractivity contribution >= 4 is 33.4 Å². The summed E-state index contributed by atoms with van der Waals surface area (Å²) in [5.41, 5.74) is 2.21. The maximum Gasteiger partial charge on any atom is 0.252 e. The van der Waals surface area contributed by atoms with Crippen molar-refractivity contribution in [2.24, 2.45) is 0 Å². The van der Waals surface area contributed by atoms with Gasteiger partial charge in [0.1, 0.15) is 0 Å². The zero-order chi connectivity index (χ0) is 12.6. The summed E-state index contributed by atoms with van der Waals surface area (Å²) in [6.07, 6.45) is 0.338. The third-order valence-electron chi connectivity index (χ3n) is 2.48. The molecule has 5 heteroatoms. The lowest BCUT2D eigenvalue weighted by molar-refractivity contribution is -0.115. The van der Waals surface area contributed by atoms with Gasteiger partial charge >= 0.3 is 0 Å². The topological polar surface area (TPSA) is 58.2 Å². The third-order valence-corrected chi connectivity index (χ3v) is 3.14. The predicted octanol–water partition coefficient (Wildman–Crippen LogP) is 2.08. The Morgan fingerprint density at radius 1 is 1.47 bits per heavy atom. The van der Waals surface area contributed by atoms with Crippen LogP contribution in [-0.4, -0.2) is 17.9 Å². The lowest BCUT2D eigenvalue weighted by Crippen LogP contribution is -2.30. The number of benzene rings is 1. The van der Waals surface area contributed by atoms with Gasteiger partial charge in [0.05, 0.1) is 12.0 Å². The Morgan fingerprint density at radius 3 is 2.82 bits per heavy atom. The Hall–Kier alpha value is -1.36. The molecule has 0 bridgehead atoms. The number of hydrogen-bond donors (Lipinski definition) is 2. The standard InChI is InChI=1S/C12H13BrN2O2/c1-6(2)14-12(17)8-3-7-4-11(16)15-10(7)5-9(8)13/h3,5-6H,4H2,1-2H3,(H,14,17)(H,15,16). The van der Waals surface area contributed by atoms with E-state index in [0.717, 1.165) is 11.3 Å². The van der Waals surface area contributed by atoms with E-state index in [1.165, 1.54) is 0 Å². The Bertz CT molecular complexity index is 498. The zero-order valence-corrected chi connectivity index (χ0v) is 11.2. The molecule has 2 amide bonds. The molecule has 1 heterocycles. The van der Waals surface area contributed by atoms with Gasteiger partial charge in [0, 0.05) is 16.2 Å². The first-order valence-electron chi connectivity index (χ1n) is 5.40. The molecular formula is C12H13BrN2O2. The average Bonchev–Trinajstić information content (AvgIpc) is 2.54. The van der Waals surface area contributed by atoms with Gasteiger partial charge in [-0.05, 0) is 47.5 Å². The summed E-state index contributed by atoms with van der Waals surface area (Å²) in [7, 11) is 0. The van der Waals surface area contributed by atoms with Crippen molar-refractivity contribution in [1.82, 2.24) is 5.32 Å². The van der Waals surface area contributed by atoms with Gasteiger partial charge in [-0.1, -0.05) is 0 Å². The largest absolute Gasteiger partial charge is 0.350 e. The number of amides is 2. The van der Waals surface area contributed by atoms with Gasteiger partial charge < -0.3 is 10.6 Å². The van der Waals surface area contributed by atoms with Crippen LogP contribution in [0, 0.1) is 0 Å². The molecule has 1 aromatic carbocycles. The van der Waals surface area contributed by atoms with Crippen LogP contribution in [0.5, 0.6) is 0 Å². The van der Waals surface area contributed by atoms with Crippen LogP contribution in [-0.2, 0) is 11.2 Å². The van der Waals surface area contributed by atoms with Crippen LogP contribution < -0.4 is 10.6 Å². The molecule has 1 aliphatic rings. The number of halogens is 1. The molecule has 90 valence electrons. The highest BCUT2D eigenvalue weighted by atomic mass is 79.9.